The maximum atomic E-state index is 12.9. The number of anilines is 1. The number of para-hydroxylation sites is 1. The summed E-state index contributed by atoms with van der Waals surface area (Å²) in [6.07, 6.45) is 2.16. The number of nitrogens with zero attached hydrogens (tertiary/aromatic N) is 5. The van der Waals surface area contributed by atoms with Crippen LogP contribution in [-0.2, 0) is 11.8 Å². The highest BCUT2D eigenvalue weighted by Gasteiger charge is 2.33. The lowest BCUT2D eigenvalue weighted by Gasteiger charge is -2.23. The van der Waals surface area contributed by atoms with E-state index in [4.69, 9.17) is 0 Å². The molecule has 0 aliphatic carbocycles. The Bertz CT molecular complexity index is 982. The summed E-state index contributed by atoms with van der Waals surface area (Å²) in [5.41, 5.74) is 2.59. The van der Waals surface area contributed by atoms with Crippen LogP contribution >= 0.6 is 0 Å². The van der Waals surface area contributed by atoms with Gasteiger partial charge in [0.05, 0.1) is 17.8 Å². The van der Waals surface area contributed by atoms with Gasteiger partial charge in [-0.2, -0.15) is 5.10 Å². The van der Waals surface area contributed by atoms with Gasteiger partial charge in [0, 0.05) is 13.5 Å². The van der Waals surface area contributed by atoms with Crippen molar-refractivity contribution in [3.63, 3.8) is 0 Å². The summed E-state index contributed by atoms with van der Waals surface area (Å²) in [4.78, 5) is 12.9. The number of benzene rings is 2. The highest BCUT2D eigenvalue weighted by atomic mass is 16.2. The van der Waals surface area contributed by atoms with Gasteiger partial charge in [0.2, 0.25) is 0 Å². The normalized spacial score (nSPS) is 17.3. The molecule has 1 aliphatic heterocycles. The predicted molar refractivity (Wildman–Crippen MR) is 108 cm³/mol. The lowest BCUT2D eigenvalue weighted by molar-refractivity contribution is -0.115. The molecule has 0 radical (unpaired) electrons. The second kappa shape index (κ2) is 7.64. The molecule has 0 fully saturated rings. The molecule has 2 atom stereocenters. The molecule has 28 heavy (non-hydrogen) atoms. The van der Waals surface area contributed by atoms with E-state index in [0.29, 0.717) is 18.0 Å². The van der Waals surface area contributed by atoms with Crippen LogP contribution in [0.15, 0.2) is 72.1 Å². The van der Waals surface area contributed by atoms with E-state index < -0.39 is 0 Å². The zero-order valence-corrected chi connectivity index (χ0v) is 15.9. The molecule has 2 aromatic carbocycles. The van der Waals surface area contributed by atoms with Crippen LogP contribution in [-0.4, -0.2) is 26.4 Å². The van der Waals surface area contributed by atoms with E-state index in [2.05, 4.69) is 32.7 Å². The summed E-state index contributed by atoms with van der Waals surface area (Å²) in [5.74, 6) is 0.515. The van der Waals surface area contributed by atoms with Gasteiger partial charge in [-0.3, -0.25) is 9.80 Å². The number of aryl methyl sites for hydroxylation is 1. The van der Waals surface area contributed by atoms with E-state index in [1.165, 1.54) is 0 Å². The molecule has 2 unspecified atom stereocenters. The zero-order chi connectivity index (χ0) is 19.5. The van der Waals surface area contributed by atoms with Crippen LogP contribution in [0.4, 0.5) is 5.69 Å². The third-order valence-corrected chi connectivity index (χ3v) is 4.86. The van der Waals surface area contributed by atoms with Gasteiger partial charge < -0.3 is 9.88 Å². The molecule has 1 aromatic heterocycles. The van der Waals surface area contributed by atoms with E-state index in [9.17, 15) is 4.79 Å². The smallest absolute Gasteiger partial charge is 0.268 e. The zero-order valence-electron chi connectivity index (χ0n) is 15.9. The molecule has 0 spiro atoms. The van der Waals surface area contributed by atoms with Crippen LogP contribution in [0.25, 0.3) is 0 Å². The number of aromatic nitrogens is 3. The van der Waals surface area contributed by atoms with Crippen LogP contribution in [0, 0.1) is 0 Å². The summed E-state index contributed by atoms with van der Waals surface area (Å²) in [6.45, 7) is 1.89. The van der Waals surface area contributed by atoms with E-state index in [0.717, 1.165) is 11.3 Å². The number of carbonyl (C=O) groups is 1. The average Bonchev–Trinajstić information content (AvgIpc) is 3.36. The minimum atomic E-state index is -0.261. The molecule has 0 saturated heterocycles. The van der Waals surface area contributed by atoms with Gasteiger partial charge in [-0.05, 0) is 24.6 Å². The van der Waals surface area contributed by atoms with Crippen molar-refractivity contribution in [3.05, 3.63) is 78.4 Å². The van der Waals surface area contributed by atoms with Crippen molar-refractivity contribution in [1.29, 1.82) is 0 Å². The van der Waals surface area contributed by atoms with Crippen LogP contribution < -0.4 is 10.3 Å². The molecule has 7 heteroatoms. The summed E-state index contributed by atoms with van der Waals surface area (Å²) < 4.78 is 1.80. The predicted octanol–water partition coefficient (Wildman–Crippen LogP) is 3.00. The van der Waals surface area contributed by atoms with E-state index in [1.54, 1.807) is 10.9 Å². The monoisotopic (exact) mass is 374 g/mol. The summed E-state index contributed by atoms with van der Waals surface area (Å²) in [7, 11) is 1.85. The molecule has 142 valence electrons. The largest absolute Gasteiger partial charge is 0.341 e. The van der Waals surface area contributed by atoms with Crippen molar-refractivity contribution >= 4 is 17.3 Å². The standard InChI is InChI=1S/C21H22N6O/c1-15(20-24-22-14-26(20)2)23-21(28)18-13-19(16-9-5-3-6-10-16)27(25-18)17-11-7-4-8-12-17/h3-12,14-15,19H,13H2,1-2H3,(H,23,28). The average molecular weight is 374 g/mol. The van der Waals surface area contributed by atoms with Gasteiger partial charge in [-0.15, -0.1) is 10.2 Å². The number of carbonyl (C=O) groups excluding carboxylic acids is 1. The van der Waals surface area contributed by atoms with Gasteiger partial charge in [0.25, 0.3) is 5.91 Å². The van der Waals surface area contributed by atoms with Crippen molar-refractivity contribution < 1.29 is 4.79 Å². The fraction of sp³-hybridized carbons (Fsp3) is 0.238. The lowest BCUT2D eigenvalue weighted by atomic mass is 10.0. The fourth-order valence-corrected chi connectivity index (χ4v) is 3.43. The first-order chi connectivity index (χ1) is 13.6. The Morgan fingerprint density at radius 3 is 2.43 bits per heavy atom. The maximum Gasteiger partial charge on any atom is 0.268 e. The molecular formula is C21H22N6O. The van der Waals surface area contributed by atoms with Crippen molar-refractivity contribution in [2.24, 2.45) is 12.1 Å². The van der Waals surface area contributed by atoms with Crippen molar-refractivity contribution in [1.82, 2.24) is 20.1 Å². The van der Waals surface area contributed by atoms with Gasteiger partial charge in [0.15, 0.2) is 5.82 Å². The first-order valence-electron chi connectivity index (χ1n) is 9.25. The van der Waals surface area contributed by atoms with Crippen molar-refractivity contribution in [2.45, 2.75) is 25.4 Å². The van der Waals surface area contributed by atoms with E-state index >= 15 is 0 Å². The number of hydrogen-bond donors (Lipinski definition) is 1. The first kappa shape index (κ1) is 17.9. The molecular weight excluding hydrogens is 352 g/mol. The first-order valence-corrected chi connectivity index (χ1v) is 9.25. The van der Waals surface area contributed by atoms with E-state index in [-0.39, 0.29) is 18.0 Å². The third-order valence-electron chi connectivity index (χ3n) is 4.86. The highest BCUT2D eigenvalue weighted by Crippen LogP contribution is 2.35. The molecule has 4 rings (SSSR count). The maximum absolute atomic E-state index is 12.9. The fourth-order valence-electron chi connectivity index (χ4n) is 3.43. The lowest BCUT2D eigenvalue weighted by Crippen LogP contribution is -2.33. The number of hydrazone groups is 1. The summed E-state index contributed by atoms with van der Waals surface area (Å²) >= 11 is 0. The summed E-state index contributed by atoms with van der Waals surface area (Å²) in [6, 6.07) is 19.8. The third kappa shape index (κ3) is 3.51. The number of hydrogen-bond acceptors (Lipinski definition) is 5. The van der Waals surface area contributed by atoms with Gasteiger partial charge in [0.1, 0.15) is 12.0 Å². The Morgan fingerprint density at radius 1 is 1.11 bits per heavy atom. The van der Waals surface area contributed by atoms with Crippen LogP contribution in [0.5, 0.6) is 0 Å². The number of rotatable bonds is 5. The molecule has 1 amide bonds. The molecule has 7 nitrogen and oxygen atoms in total. The molecule has 3 aromatic rings. The second-order valence-corrected chi connectivity index (χ2v) is 6.85. The summed E-state index contributed by atoms with van der Waals surface area (Å²) in [5, 5.41) is 17.5. The number of amides is 1. The number of nitrogens with one attached hydrogen (secondary N) is 1. The minimum Gasteiger partial charge on any atom is -0.341 e. The van der Waals surface area contributed by atoms with Gasteiger partial charge in [-0.25, -0.2) is 0 Å². The molecule has 0 saturated carbocycles. The highest BCUT2D eigenvalue weighted by molar-refractivity contribution is 6.39. The van der Waals surface area contributed by atoms with Crippen LogP contribution in [0.3, 0.4) is 0 Å². The minimum absolute atomic E-state index is 0.0190. The Labute approximate surface area is 163 Å². The van der Waals surface area contributed by atoms with Gasteiger partial charge >= 0.3 is 0 Å². The molecule has 1 aliphatic rings. The van der Waals surface area contributed by atoms with Crippen molar-refractivity contribution in [3.8, 4) is 0 Å². The topological polar surface area (TPSA) is 75.4 Å². The molecule has 1 N–H and O–H groups in total. The molecule has 0 bridgehead atoms. The Balaban J connectivity index is 1.58. The van der Waals surface area contributed by atoms with Crippen LogP contribution in [0.2, 0.25) is 0 Å². The van der Waals surface area contributed by atoms with Crippen molar-refractivity contribution in [2.75, 3.05) is 5.01 Å². The quantitative estimate of drug-likeness (QED) is 0.745. The Hall–Kier alpha value is -3.48. The molecule has 2 heterocycles. The SMILES string of the molecule is CC(NC(=O)C1=NN(c2ccccc2)C(c2ccccc2)C1)c1nncn1C. The second-order valence-electron chi connectivity index (χ2n) is 6.85. The van der Waals surface area contributed by atoms with E-state index in [1.807, 2.05) is 67.5 Å². The Kier molecular flexibility index (Phi) is 4.89. The Morgan fingerprint density at radius 2 is 1.79 bits per heavy atom. The van der Waals surface area contributed by atoms with Crippen LogP contribution in [0.1, 0.15) is 36.8 Å². The van der Waals surface area contributed by atoms with Gasteiger partial charge in [-0.1, -0.05) is 48.5 Å².